The van der Waals surface area contributed by atoms with Crippen molar-refractivity contribution in [3.8, 4) is 0 Å². The van der Waals surface area contributed by atoms with Crippen molar-refractivity contribution in [3.05, 3.63) is 157 Å². The van der Waals surface area contributed by atoms with E-state index in [0.717, 1.165) is 17.5 Å². The molecule has 1 heterocycles. The number of hydrogen-bond donors (Lipinski definition) is 0. The highest BCUT2D eigenvalue weighted by molar-refractivity contribution is 5.92. The zero-order valence-electron chi connectivity index (χ0n) is 29.9. The fourth-order valence-electron chi connectivity index (χ4n) is 7.43. The van der Waals surface area contributed by atoms with Crippen LogP contribution in [0.15, 0.2) is 72.8 Å². The van der Waals surface area contributed by atoms with Crippen LogP contribution in [-0.4, -0.2) is 15.0 Å². The zero-order chi connectivity index (χ0) is 33.9. The monoisotopic (exact) mass is 627 g/mol. The maximum atomic E-state index is 5.20. The van der Waals surface area contributed by atoms with Crippen LogP contribution >= 0.6 is 0 Å². The van der Waals surface area contributed by atoms with Crippen LogP contribution in [0.25, 0.3) is 32.3 Å². The Balaban J connectivity index is 1.38. The molecule has 0 aliphatic rings. The lowest BCUT2D eigenvalue weighted by Crippen LogP contribution is -2.11. The fraction of sp³-hybridized carbons (Fsp3) is 0.267. The second kappa shape index (κ2) is 12.3. The van der Waals surface area contributed by atoms with Crippen molar-refractivity contribution in [2.45, 2.75) is 81.6 Å². The van der Waals surface area contributed by atoms with E-state index < -0.39 is 0 Å². The summed E-state index contributed by atoms with van der Waals surface area (Å²) < 4.78 is 0. The Kier molecular flexibility index (Phi) is 8.11. The van der Waals surface area contributed by atoms with Gasteiger partial charge in [-0.3, -0.25) is 0 Å². The van der Waals surface area contributed by atoms with E-state index in [4.69, 9.17) is 15.0 Å². The fourth-order valence-corrected chi connectivity index (χ4v) is 7.43. The van der Waals surface area contributed by atoms with E-state index in [2.05, 4.69) is 135 Å². The van der Waals surface area contributed by atoms with Gasteiger partial charge in [-0.25, -0.2) is 15.0 Å². The Labute approximate surface area is 285 Å². The van der Waals surface area contributed by atoms with Crippen LogP contribution in [-0.2, 0) is 19.3 Å². The van der Waals surface area contributed by atoms with Gasteiger partial charge in [-0.2, -0.15) is 0 Å². The quantitative estimate of drug-likeness (QED) is 0.184. The van der Waals surface area contributed by atoms with Gasteiger partial charge in [0.1, 0.15) is 17.5 Å². The van der Waals surface area contributed by atoms with Crippen molar-refractivity contribution < 1.29 is 0 Å². The number of benzene rings is 6. The van der Waals surface area contributed by atoms with Gasteiger partial charge in [0.2, 0.25) is 0 Å². The van der Waals surface area contributed by atoms with Crippen LogP contribution in [0.4, 0.5) is 0 Å². The van der Waals surface area contributed by atoms with E-state index >= 15 is 0 Å². The van der Waals surface area contributed by atoms with Crippen molar-refractivity contribution in [3.63, 3.8) is 0 Å². The lowest BCUT2D eigenvalue weighted by Gasteiger charge is -2.16. The second-order valence-corrected chi connectivity index (χ2v) is 14.2. The predicted octanol–water partition coefficient (Wildman–Crippen LogP) is 10.9. The normalized spacial score (nSPS) is 11.7. The number of hydrogen-bond acceptors (Lipinski definition) is 3. The maximum absolute atomic E-state index is 5.20. The van der Waals surface area contributed by atoms with Crippen molar-refractivity contribution in [2.75, 3.05) is 0 Å². The molecular formula is C45H45N3. The summed E-state index contributed by atoms with van der Waals surface area (Å²) in [6.07, 6.45) is 1.97. The first-order valence-electron chi connectivity index (χ1n) is 17.2. The summed E-state index contributed by atoms with van der Waals surface area (Å²) in [5.74, 6) is 2.48. The van der Waals surface area contributed by atoms with E-state index in [-0.39, 0.29) is 0 Å². The third kappa shape index (κ3) is 5.87. The van der Waals surface area contributed by atoms with Gasteiger partial charge in [-0.05, 0) is 145 Å². The van der Waals surface area contributed by atoms with Crippen LogP contribution in [0, 0.1) is 62.3 Å². The lowest BCUT2D eigenvalue weighted by molar-refractivity contribution is 0.799. The molecule has 240 valence electrons. The molecular weight excluding hydrogens is 583 g/mol. The molecule has 0 bridgehead atoms. The smallest absolute Gasteiger partial charge is 0.137 e. The first-order valence-corrected chi connectivity index (χ1v) is 17.2. The van der Waals surface area contributed by atoms with Crippen molar-refractivity contribution in [1.29, 1.82) is 0 Å². The molecule has 3 heteroatoms. The van der Waals surface area contributed by atoms with Gasteiger partial charge < -0.3 is 0 Å². The summed E-state index contributed by atoms with van der Waals surface area (Å²) in [4.78, 5) is 15.6. The van der Waals surface area contributed by atoms with E-state index in [1.807, 2.05) is 0 Å². The molecule has 0 atom stereocenters. The van der Waals surface area contributed by atoms with Gasteiger partial charge in [0.15, 0.2) is 0 Å². The summed E-state index contributed by atoms with van der Waals surface area (Å²) >= 11 is 0. The molecule has 3 nitrogen and oxygen atoms in total. The Bertz CT molecular complexity index is 2130. The molecule has 1 aromatic heterocycles. The molecule has 0 aliphatic carbocycles. The summed E-state index contributed by atoms with van der Waals surface area (Å²) in [5.41, 5.74) is 15.5. The van der Waals surface area contributed by atoms with Crippen LogP contribution in [0.2, 0.25) is 0 Å². The number of aryl methyl sites for hydroxylation is 9. The van der Waals surface area contributed by atoms with Crippen LogP contribution in [0.3, 0.4) is 0 Å². The third-order valence-corrected chi connectivity index (χ3v) is 10.5. The molecule has 0 amide bonds. The van der Waals surface area contributed by atoms with Crippen molar-refractivity contribution in [2.24, 2.45) is 0 Å². The molecule has 6 aromatic carbocycles. The topological polar surface area (TPSA) is 38.7 Å². The third-order valence-electron chi connectivity index (χ3n) is 10.5. The van der Waals surface area contributed by atoms with Gasteiger partial charge >= 0.3 is 0 Å². The van der Waals surface area contributed by atoms with E-state index in [1.54, 1.807) is 0 Å². The van der Waals surface area contributed by atoms with Gasteiger partial charge in [0.05, 0.1) is 0 Å². The summed E-state index contributed by atoms with van der Waals surface area (Å²) in [5, 5.41) is 7.77. The Morgan fingerprint density at radius 3 is 0.875 bits per heavy atom. The molecule has 7 aromatic rings. The number of nitrogens with zero attached hydrogens (tertiary/aromatic N) is 3. The highest BCUT2D eigenvalue weighted by atomic mass is 15.0. The van der Waals surface area contributed by atoms with E-state index in [1.165, 1.54) is 99.1 Å². The highest BCUT2D eigenvalue weighted by Gasteiger charge is 2.17. The molecule has 0 spiro atoms. The Morgan fingerprint density at radius 1 is 0.333 bits per heavy atom. The van der Waals surface area contributed by atoms with Gasteiger partial charge in [-0.1, -0.05) is 89.5 Å². The maximum Gasteiger partial charge on any atom is 0.137 e. The molecule has 0 unspecified atom stereocenters. The SMILES string of the molecule is Cc1ccc2c(Cc3nc(Cc4cc(C)c(C)c5cc(C)ccc45)nc(Cc4cc(C)c(C)c5cc(C)ccc45)n3)cc(C)c(C)c2c1. The molecule has 7 rings (SSSR count). The molecule has 0 saturated heterocycles. The van der Waals surface area contributed by atoms with Crippen LogP contribution in [0.1, 0.15) is 84.2 Å². The van der Waals surface area contributed by atoms with Crippen molar-refractivity contribution >= 4 is 32.3 Å². The molecule has 0 radical (unpaired) electrons. The van der Waals surface area contributed by atoms with Gasteiger partial charge in [0.25, 0.3) is 0 Å². The van der Waals surface area contributed by atoms with Crippen molar-refractivity contribution in [1.82, 2.24) is 15.0 Å². The number of rotatable bonds is 6. The standard InChI is InChI=1S/C45H45N3/c1-25-10-13-37-34(19-28(4)31(7)40(37)16-25)22-43-46-44(23-35-20-29(5)32(8)41-17-26(2)11-14-38(35)41)48-45(47-43)24-36-21-30(6)33(9)42-18-27(3)12-15-39(36)42/h10-21H,22-24H2,1-9H3. The summed E-state index contributed by atoms with van der Waals surface area (Å²) in [6.45, 7) is 19.8. The van der Waals surface area contributed by atoms with E-state index in [0.29, 0.717) is 19.3 Å². The predicted molar refractivity (Wildman–Crippen MR) is 203 cm³/mol. The molecule has 0 fully saturated rings. The van der Waals surface area contributed by atoms with Crippen LogP contribution < -0.4 is 0 Å². The van der Waals surface area contributed by atoms with Crippen LogP contribution in [0.5, 0.6) is 0 Å². The minimum atomic E-state index is 0.656. The molecule has 0 aliphatic heterocycles. The Morgan fingerprint density at radius 2 is 0.604 bits per heavy atom. The second-order valence-electron chi connectivity index (χ2n) is 14.2. The minimum absolute atomic E-state index is 0.656. The van der Waals surface area contributed by atoms with Gasteiger partial charge in [-0.15, -0.1) is 0 Å². The number of aromatic nitrogens is 3. The molecule has 0 saturated carbocycles. The molecule has 48 heavy (non-hydrogen) atoms. The highest BCUT2D eigenvalue weighted by Crippen LogP contribution is 2.31. The van der Waals surface area contributed by atoms with Gasteiger partial charge in [0, 0.05) is 19.3 Å². The van der Waals surface area contributed by atoms with E-state index in [9.17, 15) is 0 Å². The largest absolute Gasteiger partial charge is 0.217 e. The summed E-state index contributed by atoms with van der Waals surface area (Å²) in [7, 11) is 0. The lowest BCUT2D eigenvalue weighted by atomic mass is 9.92. The number of fused-ring (bicyclic) bond motifs is 3. The summed E-state index contributed by atoms with van der Waals surface area (Å²) in [6, 6.07) is 27.3. The zero-order valence-corrected chi connectivity index (χ0v) is 29.9. The average Bonchev–Trinajstić information content (AvgIpc) is 3.04. The minimum Gasteiger partial charge on any atom is -0.217 e. The molecule has 0 N–H and O–H groups in total. The average molecular weight is 628 g/mol. The first kappa shape index (κ1) is 31.7. The first-order chi connectivity index (χ1) is 22.9. The Hall–Kier alpha value is -4.89.